The van der Waals surface area contributed by atoms with Crippen molar-refractivity contribution < 1.29 is 39.3 Å². The highest BCUT2D eigenvalue weighted by Gasteiger charge is 2.49. The Morgan fingerprint density at radius 3 is 2.70 bits per heavy atom. The number of pyridine rings is 1. The largest absolute Gasteiger partial charge is 0.534 e. The summed E-state index contributed by atoms with van der Waals surface area (Å²) in [7, 11) is -6.08. The number of fused-ring (bicyclic) bond motifs is 2. The molecule has 1 aliphatic rings. The number of rotatable bonds is 6. The summed E-state index contributed by atoms with van der Waals surface area (Å²) in [6.45, 7) is 5.75. The predicted molar refractivity (Wildman–Crippen MR) is 126 cm³/mol. The minimum absolute atomic E-state index is 0.0134. The highest BCUT2D eigenvalue weighted by atomic mass is 32.2. The molecule has 0 radical (unpaired) electrons. The van der Waals surface area contributed by atoms with E-state index in [1.165, 1.54) is 22.4 Å². The Morgan fingerprint density at radius 1 is 1.32 bits per heavy atom. The van der Waals surface area contributed by atoms with Gasteiger partial charge in [0.05, 0.1) is 30.0 Å². The molecule has 3 aromatic rings. The highest BCUT2D eigenvalue weighted by molar-refractivity contribution is 7.88. The molecule has 0 N–H and O–H groups in total. The number of thiophene rings is 1. The summed E-state index contributed by atoms with van der Waals surface area (Å²) in [5, 5.41) is 5.69. The summed E-state index contributed by atoms with van der Waals surface area (Å²) in [6, 6.07) is 2.28. The molecule has 0 aliphatic carbocycles. The van der Waals surface area contributed by atoms with Crippen LogP contribution in [0.1, 0.15) is 24.2 Å². The second kappa shape index (κ2) is 9.70. The van der Waals surface area contributed by atoms with E-state index in [0.717, 1.165) is 23.5 Å². The van der Waals surface area contributed by atoms with Crippen molar-refractivity contribution in [3.8, 4) is 17.3 Å². The lowest BCUT2D eigenvalue weighted by Gasteiger charge is -2.33. The molecule has 0 fully saturated rings. The van der Waals surface area contributed by atoms with Crippen LogP contribution in [0.2, 0.25) is 0 Å². The number of alkyl halides is 3. The van der Waals surface area contributed by atoms with Gasteiger partial charge in [-0.3, -0.25) is 9.48 Å². The number of amides is 1. The zero-order valence-corrected chi connectivity index (χ0v) is 20.5. The van der Waals surface area contributed by atoms with E-state index in [9.17, 15) is 35.2 Å². The molecule has 0 aromatic carbocycles. The topological polar surface area (TPSA) is 94.4 Å². The molecule has 196 valence electrons. The average molecular weight is 561 g/mol. The zero-order valence-electron chi connectivity index (χ0n) is 18.9. The van der Waals surface area contributed by atoms with Crippen LogP contribution in [0.5, 0.6) is 5.88 Å². The molecule has 37 heavy (non-hydrogen) atoms. The van der Waals surface area contributed by atoms with Gasteiger partial charge in [0.2, 0.25) is 11.8 Å². The summed E-state index contributed by atoms with van der Waals surface area (Å²) in [5.41, 5.74) is -5.34. The Balaban J connectivity index is 1.95. The van der Waals surface area contributed by atoms with Gasteiger partial charge in [-0.15, -0.1) is 11.3 Å². The van der Waals surface area contributed by atoms with Crippen LogP contribution in [0.4, 0.5) is 22.0 Å². The number of halogens is 5. The van der Waals surface area contributed by atoms with Crippen LogP contribution in [-0.2, 0) is 21.5 Å². The van der Waals surface area contributed by atoms with E-state index < -0.39 is 33.4 Å². The first-order valence-corrected chi connectivity index (χ1v) is 12.7. The zero-order chi connectivity index (χ0) is 27.1. The van der Waals surface area contributed by atoms with Crippen molar-refractivity contribution in [1.82, 2.24) is 19.7 Å². The van der Waals surface area contributed by atoms with Crippen LogP contribution in [0.15, 0.2) is 48.4 Å². The van der Waals surface area contributed by atoms with Gasteiger partial charge < -0.3 is 9.08 Å². The number of nitrogens with zero attached hydrogens (tertiary/aromatic N) is 4. The Hall–Kier alpha value is -3.59. The normalized spacial score (nSPS) is 16.9. The van der Waals surface area contributed by atoms with Crippen LogP contribution >= 0.6 is 11.3 Å². The Labute approximate surface area is 211 Å². The van der Waals surface area contributed by atoms with Crippen LogP contribution in [-0.4, -0.2) is 46.0 Å². The third-order valence-electron chi connectivity index (χ3n) is 5.54. The first kappa shape index (κ1) is 26.5. The second-order valence-electron chi connectivity index (χ2n) is 7.74. The van der Waals surface area contributed by atoms with Gasteiger partial charge in [0.1, 0.15) is 17.2 Å². The van der Waals surface area contributed by atoms with Crippen LogP contribution in [0.3, 0.4) is 0 Å². The smallest absolute Gasteiger partial charge is 0.355 e. The van der Waals surface area contributed by atoms with Gasteiger partial charge in [-0.25, -0.2) is 13.8 Å². The molecule has 0 saturated heterocycles. The SMILES string of the molecule is C=CC(=O)N1CCn2nc(-c3nc(OS(=O)(=O)C(F)(F)F)c4ccsc4c3C=C(F)/C=C/F)cc2C1C. The van der Waals surface area contributed by atoms with Crippen molar-refractivity contribution >= 4 is 43.5 Å². The van der Waals surface area contributed by atoms with Gasteiger partial charge in [-0.05, 0) is 36.6 Å². The molecule has 0 bridgehead atoms. The molecule has 3 aromatic heterocycles. The van der Waals surface area contributed by atoms with Crippen molar-refractivity contribution in [2.24, 2.45) is 0 Å². The van der Waals surface area contributed by atoms with Crippen LogP contribution in [0, 0.1) is 0 Å². The van der Waals surface area contributed by atoms with E-state index in [-0.39, 0.29) is 45.8 Å². The first-order valence-electron chi connectivity index (χ1n) is 10.4. The molecule has 1 amide bonds. The molecular weight excluding hydrogens is 543 g/mol. The number of hydrogen-bond acceptors (Lipinski definition) is 7. The lowest BCUT2D eigenvalue weighted by atomic mass is 10.1. The molecule has 1 unspecified atom stereocenters. The summed E-state index contributed by atoms with van der Waals surface area (Å²) in [6.07, 6.45) is 2.53. The highest BCUT2D eigenvalue weighted by Crippen LogP contribution is 2.41. The fourth-order valence-corrected chi connectivity index (χ4v) is 5.18. The molecular formula is C22H17F5N4O4S2. The summed E-state index contributed by atoms with van der Waals surface area (Å²) >= 11 is 0.949. The van der Waals surface area contributed by atoms with Crippen molar-refractivity contribution in [2.45, 2.75) is 25.0 Å². The first-order chi connectivity index (χ1) is 17.4. The second-order valence-corrected chi connectivity index (χ2v) is 10.2. The van der Waals surface area contributed by atoms with E-state index >= 15 is 0 Å². The van der Waals surface area contributed by atoms with Crippen molar-refractivity contribution in [3.05, 3.63) is 59.7 Å². The molecule has 0 saturated carbocycles. The Bertz CT molecular complexity index is 1560. The standard InChI is InChI=1S/C22H17F5N4O4S2/c1-3-18(32)30-7-8-31-17(12(30)2)11-16(29-31)19-15(10-13(24)4-6-23)20-14(5-9-36-20)21(28-19)35-37(33,34)22(25,26)27/h3-6,9-12H,1,7-8H2,2H3/b6-4+,13-10?. The van der Waals surface area contributed by atoms with Crippen LogP contribution < -0.4 is 4.18 Å². The molecule has 0 spiro atoms. The van der Waals surface area contributed by atoms with E-state index in [0.29, 0.717) is 18.3 Å². The predicted octanol–water partition coefficient (Wildman–Crippen LogP) is 5.27. The number of aromatic nitrogens is 3. The maximum atomic E-state index is 14.4. The van der Waals surface area contributed by atoms with Gasteiger partial charge in [0.15, 0.2) is 0 Å². The van der Waals surface area contributed by atoms with Gasteiger partial charge in [0, 0.05) is 22.9 Å². The summed E-state index contributed by atoms with van der Waals surface area (Å²) in [4.78, 5) is 17.7. The van der Waals surface area contributed by atoms with E-state index in [1.807, 2.05) is 0 Å². The summed E-state index contributed by atoms with van der Waals surface area (Å²) < 4.78 is 95.6. The third-order valence-corrected chi connectivity index (χ3v) is 7.44. The maximum absolute atomic E-state index is 14.4. The van der Waals surface area contributed by atoms with Crippen molar-refractivity contribution in [1.29, 1.82) is 0 Å². The Kier molecular flexibility index (Phi) is 6.94. The number of carbonyl (C=O) groups excluding carboxylic acids is 1. The van der Waals surface area contributed by atoms with Crippen molar-refractivity contribution in [2.75, 3.05) is 6.54 Å². The molecule has 1 aliphatic heterocycles. The molecule has 15 heteroatoms. The molecule has 4 rings (SSSR count). The number of allylic oxidation sites excluding steroid dienone is 2. The maximum Gasteiger partial charge on any atom is 0.534 e. The van der Waals surface area contributed by atoms with E-state index in [2.05, 4.69) is 20.8 Å². The fraction of sp³-hybridized carbons (Fsp3) is 0.227. The van der Waals surface area contributed by atoms with Crippen molar-refractivity contribution in [3.63, 3.8) is 0 Å². The van der Waals surface area contributed by atoms with E-state index in [1.54, 1.807) is 11.6 Å². The lowest BCUT2D eigenvalue weighted by molar-refractivity contribution is -0.129. The number of carbonyl (C=O) groups is 1. The lowest BCUT2D eigenvalue weighted by Crippen LogP contribution is -2.40. The molecule has 4 heterocycles. The number of hydrogen-bond donors (Lipinski definition) is 0. The molecule has 1 atom stereocenters. The van der Waals surface area contributed by atoms with E-state index in [4.69, 9.17) is 0 Å². The van der Waals surface area contributed by atoms with Gasteiger partial charge in [-0.1, -0.05) is 6.58 Å². The summed E-state index contributed by atoms with van der Waals surface area (Å²) in [5.74, 6) is -2.25. The quantitative estimate of drug-likeness (QED) is 0.134. The fourth-order valence-electron chi connectivity index (χ4n) is 3.84. The third kappa shape index (κ3) is 4.87. The van der Waals surface area contributed by atoms with Crippen LogP contribution in [0.25, 0.3) is 27.6 Å². The van der Waals surface area contributed by atoms with Gasteiger partial charge >= 0.3 is 15.6 Å². The minimum atomic E-state index is -6.08. The monoisotopic (exact) mass is 560 g/mol. The minimum Gasteiger partial charge on any atom is -0.355 e. The Morgan fingerprint density at radius 2 is 2.05 bits per heavy atom. The molecule has 8 nitrogen and oxygen atoms in total. The van der Waals surface area contributed by atoms with Gasteiger partial charge in [0.25, 0.3) is 0 Å². The average Bonchev–Trinajstić information content (AvgIpc) is 3.48. The van der Waals surface area contributed by atoms with Gasteiger partial charge in [-0.2, -0.15) is 26.7 Å².